The summed E-state index contributed by atoms with van der Waals surface area (Å²) in [5, 5.41) is 7.12. The molecule has 3 nitrogen and oxygen atoms in total. The Hall–Kier alpha value is -1.00. The average Bonchev–Trinajstić information content (AvgIpc) is 1.81. The van der Waals surface area contributed by atoms with Gasteiger partial charge < -0.3 is 5.73 Å². The molecule has 0 fully saturated rings. The van der Waals surface area contributed by atoms with Crippen molar-refractivity contribution in [2.24, 2.45) is 16.6 Å². The zero-order chi connectivity index (χ0) is 10.6. The SMILES string of the molecule is CC(C)C(N)=NC(=N)CC(C)(F)F. The highest BCUT2D eigenvalue weighted by molar-refractivity contribution is 5.95. The van der Waals surface area contributed by atoms with E-state index in [-0.39, 0.29) is 17.6 Å². The van der Waals surface area contributed by atoms with Crippen LogP contribution in [-0.4, -0.2) is 17.6 Å². The van der Waals surface area contributed by atoms with Crippen LogP contribution in [0.4, 0.5) is 8.78 Å². The van der Waals surface area contributed by atoms with E-state index in [0.717, 1.165) is 6.92 Å². The molecular formula is C8H15F2N3. The minimum Gasteiger partial charge on any atom is -0.387 e. The average molecular weight is 191 g/mol. The van der Waals surface area contributed by atoms with Crippen LogP contribution in [0, 0.1) is 11.3 Å². The van der Waals surface area contributed by atoms with Crippen LogP contribution in [0.3, 0.4) is 0 Å². The first-order chi connectivity index (χ1) is 5.72. The van der Waals surface area contributed by atoms with Crippen LogP contribution in [0.2, 0.25) is 0 Å². The predicted octanol–water partition coefficient (Wildman–Crippen LogP) is 2.02. The van der Waals surface area contributed by atoms with Gasteiger partial charge in [0.1, 0.15) is 11.7 Å². The largest absolute Gasteiger partial charge is 0.387 e. The van der Waals surface area contributed by atoms with Gasteiger partial charge in [0.05, 0.1) is 6.42 Å². The fraction of sp³-hybridized carbons (Fsp3) is 0.750. The number of halogens is 2. The summed E-state index contributed by atoms with van der Waals surface area (Å²) in [5.74, 6) is -3.07. The second-order valence-electron chi connectivity index (χ2n) is 3.39. The molecule has 76 valence electrons. The summed E-state index contributed by atoms with van der Waals surface area (Å²) in [6, 6.07) is 0. The van der Waals surface area contributed by atoms with Crippen molar-refractivity contribution in [1.29, 1.82) is 5.41 Å². The quantitative estimate of drug-likeness (QED) is 0.520. The van der Waals surface area contributed by atoms with E-state index in [1.165, 1.54) is 0 Å². The fourth-order valence-corrected chi connectivity index (χ4v) is 0.618. The molecule has 0 aromatic rings. The Morgan fingerprint density at radius 3 is 2.31 bits per heavy atom. The molecule has 13 heavy (non-hydrogen) atoms. The number of hydrogen-bond acceptors (Lipinski definition) is 1. The summed E-state index contributed by atoms with van der Waals surface area (Å²) < 4.78 is 24.7. The van der Waals surface area contributed by atoms with E-state index in [4.69, 9.17) is 11.1 Å². The number of alkyl halides is 2. The second kappa shape index (κ2) is 4.30. The van der Waals surface area contributed by atoms with Crippen molar-refractivity contribution in [2.45, 2.75) is 33.1 Å². The maximum atomic E-state index is 12.4. The predicted molar refractivity (Wildman–Crippen MR) is 49.4 cm³/mol. The summed E-state index contributed by atoms with van der Waals surface area (Å²) in [4.78, 5) is 3.56. The van der Waals surface area contributed by atoms with Crippen molar-refractivity contribution >= 4 is 11.7 Å². The Labute approximate surface area is 76.5 Å². The molecule has 0 saturated heterocycles. The Balaban J connectivity index is 4.24. The van der Waals surface area contributed by atoms with Gasteiger partial charge in [-0.2, -0.15) is 0 Å². The third-order valence-electron chi connectivity index (χ3n) is 1.33. The molecule has 0 aromatic carbocycles. The van der Waals surface area contributed by atoms with E-state index in [9.17, 15) is 8.78 Å². The normalized spacial score (nSPS) is 13.5. The van der Waals surface area contributed by atoms with Gasteiger partial charge in [-0.25, -0.2) is 13.8 Å². The summed E-state index contributed by atoms with van der Waals surface area (Å²) in [6.45, 7) is 4.33. The van der Waals surface area contributed by atoms with Crippen molar-refractivity contribution in [2.75, 3.05) is 0 Å². The molecular weight excluding hydrogens is 176 g/mol. The van der Waals surface area contributed by atoms with E-state index >= 15 is 0 Å². The van der Waals surface area contributed by atoms with Crippen LogP contribution in [-0.2, 0) is 0 Å². The van der Waals surface area contributed by atoms with Gasteiger partial charge in [-0.15, -0.1) is 0 Å². The Kier molecular flexibility index (Phi) is 3.97. The number of hydrogen-bond donors (Lipinski definition) is 2. The molecule has 0 aliphatic heterocycles. The minimum absolute atomic E-state index is 0.0224. The Morgan fingerprint density at radius 2 is 2.00 bits per heavy atom. The van der Waals surface area contributed by atoms with Crippen molar-refractivity contribution in [3.8, 4) is 0 Å². The van der Waals surface area contributed by atoms with Gasteiger partial charge >= 0.3 is 0 Å². The van der Waals surface area contributed by atoms with Gasteiger partial charge in [-0.3, -0.25) is 5.41 Å². The third-order valence-corrected chi connectivity index (χ3v) is 1.33. The van der Waals surface area contributed by atoms with E-state index < -0.39 is 12.3 Å². The monoisotopic (exact) mass is 191 g/mol. The summed E-state index contributed by atoms with van der Waals surface area (Å²) in [5.41, 5.74) is 5.40. The van der Waals surface area contributed by atoms with Crippen LogP contribution in [0.25, 0.3) is 0 Å². The van der Waals surface area contributed by atoms with Crippen molar-refractivity contribution in [3.63, 3.8) is 0 Å². The molecule has 0 aromatic heterocycles. The van der Waals surface area contributed by atoms with Crippen LogP contribution >= 0.6 is 0 Å². The van der Waals surface area contributed by atoms with Gasteiger partial charge in [0.15, 0.2) is 0 Å². The lowest BCUT2D eigenvalue weighted by Crippen LogP contribution is -2.22. The summed E-state index contributed by atoms with van der Waals surface area (Å²) in [7, 11) is 0. The molecule has 0 heterocycles. The molecule has 0 bridgehead atoms. The number of rotatable bonds is 3. The van der Waals surface area contributed by atoms with E-state index in [1.54, 1.807) is 13.8 Å². The van der Waals surface area contributed by atoms with Gasteiger partial charge in [-0.05, 0) is 6.92 Å². The standard InChI is InChI=1S/C8H15F2N3/c1-5(2)7(12)13-6(11)4-8(3,9)10/h5H,4H2,1-3H3,(H3,11,12,13). The lowest BCUT2D eigenvalue weighted by atomic mass is 10.2. The van der Waals surface area contributed by atoms with E-state index in [0.29, 0.717) is 0 Å². The molecule has 0 atom stereocenters. The Bertz CT molecular complexity index is 216. The number of nitrogens with zero attached hydrogens (tertiary/aromatic N) is 1. The number of nitrogens with two attached hydrogens (primary N) is 1. The molecule has 0 unspecified atom stereocenters. The minimum atomic E-state index is -2.89. The van der Waals surface area contributed by atoms with Crippen molar-refractivity contribution in [3.05, 3.63) is 0 Å². The molecule has 0 aliphatic rings. The first kappa shape index (κ1) is 12.0. The lowest BCUT2D eigenvalue weighted by molar-refractivity contribution is 0.0299. The molecule has 0 saturated carbocycles. The molecule has 0 spiro atoms. The maximum absolute atomic E-state index is 12.4. The highest BCUT2D eigenvalue weighted by atomic mass is 19.3. The van der Waals surface area contributed by atoms with Crippen LogP contribution < -0.4 is 5.73 Å². The third kappa shape index (κ3) is 6.19. The molecule has 3 N–H and O–H groups in total. The number of nitrogens with one attached hydrogen (secondary N) is 1. The van der Waals surface area contributed by atoms with Gasteiger partial charge in [0, 0.05) is 5.92 Å². The van der Waals surface area contributed by atoms with Gasteiger partial charge in [0.25, 0.3) is 5.92 Å². The maximum Gasteiger partial charge on any atom is 0.252 e. The highest BCUT2D eigenvalue weighted by Crippen LogP contribution is 2.17. The number of amidine groups is 2. The van der Waals surface area contributed by atoms with Crippen molar-refractivity contribution in [1.82, 2.24) is 0 Å². The molecule has 0 rings (SSSR count). The topological polar surface area (TPSA) is 62.2 Å². The lowest BCUT2D eigenvalue weighted by Gasteiger charge is -2.09. The van der Waals surface area contributed by atoms with Crippen LogP contribution in [0.5, 0.6) is 0 Å². The van der Waals surface area contributed by atoms with E-state index in [2.05, 4.69) is 4.99 Å². The van der Waals surface area contributed by atoms with Crippen LogP contribution in [0.1, 0.15) is 27.2 Å². The Morgan fingerprint density at radius 1 is 1.54 bits per heavy atom. The first-order valence-corrected chi connectivity index (χ1v) is 4.01. The molecule has 5 heteroatoms. The second-order valence-corrected chi connectivity index (χ2v) is 3.39. The van der Waals surface area contributed by atoms with Crippen molar-refractivity contribution < 1.29 is 8.78 Å². The summed E-state index contributed by atoms with van der Waals surface area (Å²) in [6.07, 6.45) is -0.666. The number of aliphatic imine (C=N–C) groups is 1. The molecule has 0 aliphatic carbocycles. The van der Waals surface area contributed by atoms with Crippen LogP contribution in [0.15, 0.2) is 4.99 Å². The van der Waals surface area contributed by atoms with E-state index in [1.807, 2.05) is 0 Å². The fourth-order valence-electron chi connectivity index (χ4n) is 0.618. The van der Waals surface area contributed by atoms with Gasteiger partial charge in [0.2, 0.25) is 0 Å². The zero-order valence-electron chi connectivity index (χ0n) is 8.06. The zero-order valence-corrected chi connectivity index (χ0v) is 8.06. The van der Waals surface area contributed by atoms with Gasteiger partial charge in [-0.1, -0.05) is 13.8 Å². The summed E-state index contributed by atoms with van der Waals surface area (Å²) >= 11 is 0. The smallest absolute Gasteiger partial charge is 0.252 e. The molecule has 0 amide bonds. The first-order valence-electron chi connectivity index (χ1n) is 4.01. The highest BCUT2D eigenvalue weighted by Gasteiger charge is 2.23. The molecule has 0 radical (unpaired) electrons.